The lowest BCUT2D eigenvalue weighted by atomic mass is 10.1. The number of carboxylic acid groups (broad SMARTS) is 1. The average Bonchev–Trinajstić information content (AvgIpc) is 2.37. The van der Waals surface area contributed by atoms with Crippen molar-refractivity contribution in [2.75, 3.05) is 32.6 Å². The molecule has 6 nitrogen and oxygen atoms in total. The first-order valence-electron chi connectivity index (χ1n) is 5.80. The molecule has 1 rings (SSSR count). The van der Waals surface area contributed by atoms with E-state index in [1.165, 1.54) is 11.0 Å². The molecule has 0 radical (unpaired) electrons. The number of urea groups is 1. The Labute approximate surface area is 112 Å². The molecule has 1 aromatic rings. The fraction of sp³-hybridized carbons (Fsp3) is 0.385. The fourth-order valence-electron chi connectivity index (χ4n) is 1.48. The number of hydrogen-bond acceptors (Lipinski definition) is 3. The minimum atomic E-state index is -1.01. The van der Waals surface area contributed by atoms with Crippen LogP contribution in [0.4, 0.5) is 10.5 Å². The van der Waals surface area contributed by atoms with E-state index in [1.807, 2.05) is 0 Å². The highest BCUT2D eigenvalue weighted by atomic mass is 16.5. The highest BCUT2D eigenvalue weighted by Gasteiger charge is 2.11. The van der Waals surface area contributed by atoms with Gasteiger partial charge in [0.2, 0.25) is 0 Å². The number of methoxy groups -OCH3 is 1. The second-order valence-electron chi connectivity index (χ2n) is 4.18. The standard InChI is InChI=1S/C13H18N2O4/c1-9-4-5-10(8-11(9)12(16)17)14-13(18)15(2)6-7-19-3/h4-5,8H,6-7H2,1-3H3,(H,14,18)(H,16,17). The van der Waals surface area contributed by atoms with Crippen LogP contribution in [0.25, 0.3) is 0 Å². The third-order valence-electron chi connectivity index (χ3n) is 2.70. The van der Waals surface area contributed by atoms with Gasteiger partial charge in [-0.3, -0.25) is 0 Å². The molecule has 0 aliphatic rings. The third kappa shape index (κ3) is 4.26. The second-order valence-corrected chi connectivity index (χ2v) is 4.18. The molecule has 19 heavy (non-hydrogen) atoms. The maximum Gasteiger partial charge on any atom is 0.336 e. The van der Waals surface area contributed by atoms with Crippen molar-refractivity contribution in [1.29, 1.82) is 0 Å². The number of hydrogen-bond donors (Lipinski definition) is 2. The van der Waals surface area contributed by atoms with Crippen LogP contribution in [0, 0.1) is 6.92 Å². The molecule has 0 aromatic heterocycles. The van der Waals surface area contributed by atoms with Crippen molar-refractivity contribution in [3.8, 4) is 0 Å². The van der Waals surface area contributed by atoms with Gasteiger partial charge < -0.3 is 20.1 Å². The third-order valence-corrected chi connectivity index (χ3v) is 2.70. The first-order chi connectivity index (χ1) is 8.95. The SMILES string of the molecule is COCCN(C)C(=O)Nc1ccc(C)c(C(=O)O)c1. The summed E-state index contributed by atoms with van der Waals surface area (Å²) < 4.78 is 4.88. The Balaban J connectivity index is 2.74. The number of aromatic carboxylic acids is 1. The summed E-state index contributed by atoms with van der Waals surface area (Å²) in [4.78, 5) is 24.3. The van der Waals surface area contributed by atoms with Gasteiger partial charge in [-0.1, -0.05) is 6.07 Å². The molecule has 0 saturated carbocycles. The van der Waals surface area contributed by atoms with Crippen molar-refractivity contribution < 1.29 is 19.4 Å². The molecule has 0 atom stereocenters. The Morgan fingerprint density at radius 1 is 1.42 bits per heavy atom. The number of carboxylic acids is 1. The number of aryl methyl sites for hydroxylation is 1. The number of anilines is 1. The van der Waals surface area contributed by atoms with Crippen LogP contribution in [0.5, 0.6) is 0 Å². The molecule has 0 aliphatic heterocycles. The number of rotatable bonds is 5. The summed E-state index contributed by atoms with van der Waals surface area (Å²) in [7, 11) is 3.20. The number of amides is 2. The van der Waals surface area contributed by atoms with Crippen molar-refractivity contribution in [2.24, 2.45) is 0 Å². The number of ether oxygens (including phenoxy) is 1. The zero-order chi connectivity index (χ0) is 14.4. The number of carbonyl (C=O) groups excluding carboxylic acids is 1. The van der Waals surface area contributed by atoms with E-state index in [9.17, 15) is 9.59 Å². The van der Waals surface area contributed by atoms with E-state index in [-0.39, 0.29) is 11.6 Å². The lowest BCUT2D eigenvalue weighted by Crippen LogP contribution is -2.33. The van der Waals surface area contributed by atoms with Crippen molar-refractivity contribution in [1.82, 2.24) is 4.90 Å². The van der Waals surface area contributed by atoms with Crippen LogP contribution in [0.15, 0.2) is 18.2 Å². The summed E-state index contributed by atoms with van der Waals surface area (Å²) in [5, 5.41) is 11.7. The molecule has 0 aliphatic carbocycles. The second kappa shape index (κ2) is 6.75. The number of likely N-dealkylation sites (N-methyl/N-ethyl adjacent to an activating group) is 1. The van der Waals surface area contributed by atoms with E-state index in [4.69, 9.17) is 9.84 Å². The molecular weight excluding hydrogens is 248 g/mol. The topological polar surface area (TPSA) is 78.9 Å². The van der Waals surface area contributed by atoms with Gasteiger partial charge >= 0.3 is 12.0 Å². The van der Waals surface area contributed by atoms with Gasteiger partial charge in [0.1, 0.15) is 0 Å². The molecule has 104 valence electrons. The molecule has 0 saturated heterocycles. The summed E-state index contributed by atoms with van der Waals surface area (Å²) in [5.74, 6) is -1.01. The largest absolute Gasteiger partial charge is 0.478 e. The molecule has 0 fully saturated rings. The van der Waals surface area contributed by atoms with Crippen molar-refractivity contribution in [3.63, 3.8) is 0 Å². The van der Waals surface area contributed by atoms with Crippen LogP contribution >= 0.6 is 0 Å². The van der Waals surface area contributed by atoms with Crippen LogP contribution in [0.3, 0.4) is 0 Å². The maximum absolute atomic E-state index is 11.8. The van der Waals surface area contributed by atoms with E-state index >= 15 is 0 Å². The maximum atomic E-state index is 11.8. The number of nitrogens with one attached hydrogen (secondary N) is 1. The Hall–Kier alpha value is -2.08. The number of carbonyl (C=O) groups is 2. The van der Waals surface area contributed by atoms with Gasteiger partial charge in [0.15, 0.2) is 0 Å². The molecule has 0 bridgehead atoms. The van der Waals surface area contributed by atoms with Crippen LogP contribution in [-0.2, 0) is 4.74 Å². The molecule has 0 unspecified atom stereocenters. The van der Waals surface area contributed by atoms with E-state index < -0.39 is 5.97 Å². The highest BCUT2D eigenvalue weighted by molar-refractivity contribution is 5.94. The van der Waals surface area contributed by atoms with E-state index in [2.05, 4.69) is 5.32 Å². The Kier molecular flexibility index (Phi) is 5.32. The summed E-state index contributed by atoms with van der Waals surface area (Å²) >= 11 is 0. The summed E-state index contributed by atoms with van der Waals surface area (Å²) in [6.07, 6.45) is 0. The Morgan fingerprint density at radius 2 is 2.11 bits per heavy atom. The van der Waals surface area contributed by atoms with Crippen molar-refractivity contribution >= 4 is 17.7 Å². The first kappa shape index (κ1) is 15.0. The van der Waals surface area contributed by atoms with Crippen LogP contribution in [-0.4, -0.2) is 49.3 Å². The van der Waals surface area contributed by atoms with Crippen molar-refractivity contribution in [3.05, 3.63) is 29.3 Å². The molecule has 0 spiro atoms. The molecule has 6 heteroatoms. The first-order valence-corrected chi connectivity index (χ1v) is 5.80. The van der Waals surface area contributed by atoms with Gasteiger partial charge in [-0.25, -0.2) is 9.59 Å². The van der Waals surface area contributed by atoms with E-state index in [1.54, 1.807) is 33.2 Å². The zero-order valence-electron chi connectivity index (χ0n) is 11.3. The van der Waals surface area contributed by atoms with Crippen LogP contribution in [0.1, 0.15) is 15.9 Å². The summed E-state index contributed by atoms with van der Waals surface area (Å²) in [5.41, 5.74) is 1.29. The Bertz CT molecular complexity index is 474. The zero-order valence-corrected chi connectivity index (χ0v) is 11.3. The van der Waals surface area contributed by atoms with Crippen LogP contribution < -0.4 is 5.32 Å². The summed E-state index contributed by atoms with van der Waals surface area (Å²) in [6, 6.07) is 4.47. The van der Waals surface area contributed by atoms with Gasteiger partial charge in [0.05, 0.1) is 12.2 Å². The lowest BCUT2D eigenvalue weighted by molar-refractivity contribution is 0.0696. The minimum absolute atomic E-state index is 0.178. The van der Waals surface area contributed by atoms with E-state index in [0.717, 1.165) is 0 Å². The lowest BCUT2D eigenvalue weighted by Gasteiger charge is -2.17. The van der Waals surface area contributed by atoms with Gasteiger partial charge in [-0.05, 0) is 24.6 Å². The molecule has 1 aromatic carbocycles. The van der Waals surface area contributed by atoms with E-state index in [0.29, 0.717) is 24.4 Å². The molecule has 0 heterocycles. The smallest absolute Gasteiger partial charge is 0.336 e. The Morgan fingerprint density at radius 3 is 2.68 bits per heavy atom. The average molecular weight is 266 g/mol. The van der Waals surface area contributed by atoms with Gasteiger partial charge in [-0.2, -0.15) is 0 Å². The minimum Gasteiger partial charge on any atom is -0.478 e. The van der Waals surface area contributed by atoms with Gasteiger partial charge in [-0.15, -0.1) is 0 Å². The van der Waals surface area contributed by atoms with Gasteiger partial charge in [0, 0.05) is 26.4 Å². The predicted molar refractivity (Wildman–Crippen MR) is 71.7 cm³/mol. The normalized spacial score (nSPS) is 10.1. The quantitative estimate of drug-likeness (QED) is 0.851. The number of nitrogens with zero attached hydrogens (tertiary/aromatic N) is 1. The fourth-order valence-corrected chi connectivity index (χ4v) is 1.48. The van der Waals surface area contributed by atoms with Crippen LogP contribution in [0.2, 0.25) is 0 Å². The van der Waals surface area contributed by atoms with Gasteiger partial charge in [0.25, 0.3) is 0 Å². The highest BCUT2D eigenvalue weighted by Crippen LogP contribution is 2.15. The predicted octanol–water partition coefficient (Wildman–Crippen LogP) is 1.80. The molecular formula is C13H18N2O4. The molecule has 2 amide bonds. The molecule has 2 N–H and O–H groups in total. The van der Waals surface area contributed by atoms with Crippen molar-refractivity contribution in [2.45, 2.75) is 6.92 Å². The monoisotopic (exact) mass is 266 g/mol. The summed E-state index contributed by atoms with van der Waals surface area (Å²) in [6.45, 7) is 2.61. The number of benzene rings is 1.